The fraction of sp³-hybridized carbons (Fsp3) is 0.167. The molecule has 0 saturated carbocycles. The van der Waals surface area contributed by atoms with Gasteiger partial charge in [0.25, 0.3) is 0 Å². The van der Waals surface area contributed by atoms with Crippen LogP contribution in [0.5, 0.6) is 5.75 Å². The van der Waals surface area contributed by atoms with Crippen molar-refractivity contribution in [2.24, 2.45) is 0 Å². The molecule has 1 N–H and O–H groups in total. The predicted octanol–water partition coefficient (Wildman–Crippen LogP) is 2.49. The van der Waals surface area contributed by atoms with Gasteiger partial charge in [-0.05, 0) is 24.3 Å². The second-order valence-electron chi connectivity index (χ2n) is 3.55. The second-order valence-corrected chi connectivity index (χ2v) is 4.49. The second kappa shape index (κ2) is 5.59. The number of hydrogen-bond donors (Lipinski definition) is 1. The average molecular weight is 267 g/mol. The van der Waals surface area contributed by atoms with E-state index in [1.54, 1.807) is 5.38 Å². The minimum absolute atomic E-state index is 0.0902. The molecule has 0 saturated heterocycles. The van der Waals surface area contributed by atoms with E-state index >= 15 is 0 Å². The molecule has 94 valence electrons. The molecule has 1 aromatic carbocycles. The summed E-state index contributed by atoms with van der Waals surface area (Å²) in [6.07, 6.45) is -0.0902. The molecule has 4 nitrogen and oxygen atoms in total. The number of nitrogens with zero attached hydrogens (tertiary/aromatic N) is 1. The molecule has 18 heavy (non-hydrogen) atoms. The summed E-state index contributed by atoms with van der Waals surface area (Å²) in [5, 5.41) is 11.0. The Morgan fingerprint density at radius 2 is 2.11 bits per heavy atom. The number of hydrogen-bond acceptors (Lipinski definition) is 4. The summed E-state index contributed by atoms with van der Waals surface area (Å²) < 4.78 is 18.1. The Labute approximate surface area is 107 Å². The first-order valence-electron chi connectivity index (χ1n) is 5.17. The van der Waals surface area contributed by atoms with Crippen molar-refractivity contribution < 1.29 is 19.0 Å². The van der Waals surface area contributed by atoms with Crippen LogP contribution >= 0.6 is 11.3 Å². The smallest absolute Gasteiger partial charge is 0.309 e. The number of benzene rings is 1. The number of aromatic nitrogens is 1. The van der Waals surface area contributed by atoms with Gasteiger partial charge in [0.1, 0.15) is 23.2 Å². The molecule has 0 bridgehead atoms. The van der Waals surface area contributed by atoms with Gasteiger partial charge < -0.3 is 9.84 Å². The lowest BCUT2D eigenvalue weighted by Gasteiger charge is -2.02. The maximum atomic E-state index is 12.7. The topological polar surface area (TPSA) is 59.4 Å². The first-order chi connectivity index (χ1) is 8.63. The van der Waals surface area contributed by atoms with Gasteiger partial charge in [-0.25, -0.2) is 9.37 Å². The van der Waals surface area contributed by atoms with Crippen molar-refractivity contribution in [3.63, 3.8) is 0 Å². The Morgan fingerprint density at radius 1 is 1.39 bits per heavy atom. The van der Waals surface area contributed by atoms with Crippen molar-refractivity contribution in [2.75, 3.05) is 0 Å². The van der Waals surface area contributed by atoms with Crippen LogP contribution < -0.4 is 4.74 Å². The van der Waals surface area contributed by atoms with Crippen LogP contribution in [0.1, 0.15) is 10.7 Å². The number of ether oxygens (including phenoxy) is 1. The summed E-state index contributed by atoms with van der Waals surface area (Å²) in [5.74, 6) is -0.682. The zero-order valence-electron chi connectivity index (χ0n) is 9.30. The Balaban J connectivity index is 1.92. The van der Waals surface area contributed by atoms with Crippen LogP contribution in [-0.4, -0.2) is 16.1 Å². The van der Waals surface area contributed by atoms with Gasteiger partial charge >= 0.3 is 5.97 Å². The lowest BCUT2D eigenvalue weighted by molar-refractivity contribution is -0.136. The van der Waals surface area contributed by atoms with Crippen molar-refractivity contribution in [3.05, 3.63) is 46.2 Å². The van der Waals surface area contributed by atoms with Crippen molar-refractivity contribution in [1.29, 1.82) is 0 Å². The highest BCUT2D eigenvalue weighted by molar-refractivity contribution is 7.09. The summed E-state index contributed by atoms with van der Waals surface area (Å²) >= 11 is 1.34. The van der Waals surface area contributed by atoms with Gasteiger partial charge in [-0.15, -0.1) is 11.3 Å². The van der Waals surface area contributed by atoms with E-state index in [9.17, 15) is 9.18 Å². The van der Waals surface area contributed by atoms with Gasteiger partial charge in [-0.3, -0.25) is 4.79 Å². The SMILES string of the molecule is O=C(O)Cc1csc(COc2ccc(F)cc2)n1. The monoisotopic (exact) mass is 267 g/mol. The van der Waals surface area contributed by atoms with Crippen LogP contribution in [0.3, 0.4) is 0 Å². The number of carboxylic acids is 1. The van der Waals surface area contributed by atoms with E-state index in [1.807, 2.05) is 0 Å². The molecule has 0 aliphatic carbocycles. The zero-order chi connectivity index (χ0) is 13.0. The van der Waals surface area contributed by atoms with E-state index in [2.05, 4.69) is 4.98 Å². The molecule has 0 spiro atoms. The number of halogens is 1. The third kappa shape index (κ3) is 3.53. The van der Waals surface area contributed by atoms with E-state index in [0.29, 0.717) is 16.5 Å². The molecule has 0 fully saturated rings. The van der Waals surface area contributed by atoms with Crippen molar-refractivity contribution >= 4 is 17.3 Å². The van der Waals surface area contributed by atoms with Crippen molar-refractivity contribution in [2.45, 2.75) is 13.0 Å². The quantitative estimate of drug-likeness (QED) is 0.904. The summed E-state index contributed by atoms with van der Waals surface area (Å²) in [6.45, 7) is 0.246. The molecular formula is C12H10FNO3S. The number of aliphatic carboxylic acids is 1. The van der Waals surface area contributed by atoms with Crippen LogP contribution in [0.4, 0.5) is 4.39 Å². The van der Waals surface area contributed by atoms with Gasteiger partial charge in [-0.1, -0.05) is 0 Å². The lowest BCUT2D eigenvalue weighted by atomic mass is 10.3. The van der Waals surface area contributed by atoms with Crippen LogP contribution in [0.25, 0.3) is 0 Å². The fourth-order valence-corrected chi connectivity index (χ4v) is 2.03. The summed E-state index contributed by atoms with van der Waals surface area (Å²) in [4.78, 5) is 14.6. The molecule has 0 amide bonds. The van der Waals surface area contributed by atoms with Crippen LogP contribution in [-0.2, 0) is 17.8 Å². The number of carbonyl (C=O) groups is 1. The molecule has 1 heterocycles. The van der Waals surface area contributed by atoms with Crippen molar-refractivity contribution in [3.8, 4) is 5.75 Å². The highest BCUT2D eigenvalue weighted by Crippen LogP contribution is 2.16. The van der Waals surface area contributed by atoms with Crippen LogP contribution in [0, 0.1) is 5.82 Å². The van der Waals surface area contributed by atoms with E-state index < -0.39 is 5.97 Å². The lowest BCUT2D eigenvalue weighted by Crippen LogP contribution is -2.01. The van der Waals surface area contributed by atoms with E-state index in [4.69, 9.17) is 9.84 Å². The van der Waals surface area contributed by atoms with Gasteiger partial charge in [-0.2, -0.15) is 0 Å². The summed E-state index contributed by atoms with van der Waals surface area (Å²) in [6, 6.07) is 5.68. The Hall–Kier alpha value is -1.95. The number of thiazole rings is 1. The van der Waals surface area contributed by atoms with E-state index in [0.717, 1.165) is 0 Å². The molecule has 0 atom stereocenters. The average Bonchev–Trinajstić information content (AvgIpc) is 2.75. The summed E-state index contributed by atoms with van der Waals surface area (Å²) in [7, 11) is 0. The maximum Gasteiger partial charge on any atom is 0.309 e. The third-order valence-corrected chi connectivity index (χ3v) is 2.98. The van der Waals surface area contributed by atoms with Gasteiger partial charge in [0.2, 0.25) is 0 Å². The van der Waals surface area contributed by atoms with Crippen LogP contribution in [0.15, 0.2) is 29.6 Å². The zero-order valence-corrected chi connectivity index (χ0v) is 10.1. The molecule has 0 aliphatic rings. The van der Waals surface area contributed by atoms with Crippen molar-refractivity contribution in [1.82, 2.24) is 4.98 Å². The van der Waals surface area contributed by atoms with Gasteiger partial charge in [0.05, 0.1) is 12.1 Å². The first kappa shape index (κ1) is 12.5. The molecule has 1 aromatic heterocycles. The Bertz CT molecular complexity index is 539. The number of carboxylic acid groups (broad SMARTS) is 1. The molecule has 2 aromatic rings. The number of rotatable bonds is 5. The summed E-state index contributed by atoms with van der Waals surface area (Å²) in [5.41, 5.74) is 0.519. The first-order valence-corrected chi connectivity index (χ1v) is 6.05. The highest BCUT2D eigenvalue weighted by atomic mass is 32.1. The normalized spacial score (nSPS) is 10.3. The standard InChI is InChI=1S/C12H10FNO3S/c13-8-1-3-10(4-2-8)17-6-11-14-9(7-18-11)5-12(15)16/h1-4,7H,5-6H2,(H,15,16). The molecule has 6 heteroatoms. The Morgan fingerprint density at radius 3 is 2.78 bits per heavy atom. The Kier molecular flexibility index (Phi) is 3.88. The maximum absolute atomic E-state index is 12.7. The highest BCUT2D eigenvalue weighted by Gasteiger charge is 2.06. The van der Waals surface area contributed by atoms with E-state index in [1.165, 1.54) is 35.6 Å². The predicted molar refractivity (Wildman–Crippen MR) is 64.2 cm³/mol. The van der Waals surface area contributed by atoms with Gasteiger partial charge in [0.15, 0.2) is 0 Å². The minimum atomic E-state index is -0.911. The third-order valence-electron chi connectivity index (χ3n) is 2.11. The largest absolute Gasteiger partial charge is 0.486 e. The molecule has 0 radical (unpaired) electrons. The molecule has 0 unspecified atom stereocenters. The molecular weight excluding hydrogens is 257 g/mol. The van der Waals surface area contributed by atoms with E-state index in [-0.39, 0.29) is 18.8 Å². The van der Waals surface area contributed by atoms with Crippen LogP contribution in [0.2, 0.25) is 0 Å². The molecule has 2 rings (SSSR count). The minimum Gasteiger partial charge on any atom is -0.486 e. The van der Waals surface area contributed by atoms with Gasteiger partial charge in [0, 0.05) is 5.38 Å². The fourth-order valence-electron chi connectivity index (χ4n) is 1.33. The molecule has 0 aliphatic heterocycles.